The number of rotatable bonds is 7. The number of ether oxygens (including phenoxy) is 2. The molecule has 1 aliphatic carbocycles. The Morgan fingerprint density at radius 3 is 2.77 bits per heavy atom. The van der Waals surface area contributed by atoms with Gasteiger partial charge in [0.25, 0.3) is 0 Å². The predicted molar refractivity (Wildman–Crippen MR) is 98.6 cm³/mol. The highest BCUT2D eigenvalue weighted by Gasteiger charge is 2.30. The summed E-state index contributed by atoms with van der Waals surface area (Å²) in [7, 11) is -3.78. The van der Waals surface area contributed by atoms with Gasteiger partial charge in [-0.25, -0.2) is 17.5 Å². The molecule has 1 heterocycles. The first-order chi connectivity index (χ1) is 12.0. The molecule has 2 aliphatic rings. The van der Waals surface area contributed by atoms with Crippen LogP contribution in [0.5, 0.6) is 5.75 Å². The second-order valence-electron chi connectivity index (χ2n) is 6.79. The van der Waals surface area contributed by atoms with Crippen molar-refractivity contribution in [1.29, 1.82) is 0 Å². The molecule has 1 saturated carbocycles. The molecule has 0 amide bonds. The van der Waals surface area contributed by atoms with E-state index in [0.717, 1.165) is 31.7 Å². The molecule has 1 saturated heterocycles. The van der Waals surface area contributed by atoms with Crippen molar-refractivity contribution in [2.45, 2.75) is 36.6 Å². The first-order valence-electron chi connectivity index (χ1n) is 8.72. The topological polar surface area (TPSA) is 90.7 Å². The molecule has 6 nitrogen and oxygen atoms in total. The molecule has 3 N–H and O–H groups in total. The number of halogens is 2. The van der Waals surface area contributed by atoms with Gasteiger partial charge >= 0.3 is 0 Å². The van der Waals surface area contributed by atoms with Gasteiger partial charge in [-0.15, -0.1) is 12.4 Å². The van der Waals surface area contributed by atoms with Gasteiger partial charge in [0.2, 0.25) is 10.0 Å². The summed E-state index contributed by atoms with van der Waals surface area (Å²) in [6.45, 7) is 2.12. The SMILES string of the molecule is Cl.NCC1CCCC1NS(=O)(=O)c1ccc(OCC2CCOC2)c(F)c1. The van der Waals surface area contributed by atoms with Crippen molar-refractivity contribution in [2.24, 2.45) is 17.6 Å². The normalized spacial score (nSPS) is 25.8. The fourth-order valence-electron chi connectivity index (χ4n) is 3.43. The Kier molecular flexibility index (Phi) is 7.66. The zero-order valence-electron chi connectivity index (χ0n) is 14.5. The summed E-state index contributed by atoms with van der Waals surface area (Å²) in [5.74, 6) is -0.231. The van der Waals surface area contributed by atoms with Gasteiger partial charge in [-0.05, 0) is 49.9 Å². The Hall–Kier alpha value is -0.930. The molecule has 0 bridgehead atoms. The van der Waals surface area contributed by atoms with E-state index in [1.54, 1.807) is 0 Å². The lowest BCUT2D eigenvalue weighted by atomic mass is 10.1. The third-order valence-corrected chi connectivity index (χ3v) is 6.47. The van der Waals surface area contributed by atoms with Gasteiger partial charge in [0.05, 0.1) is 18.1 Å². The maximum absolute atomic E-state index is 14.2. The lowest BCUT2D eigenvalue weighted by Gasteiger charge is -2.19. The Bertz CT molecular complexity index is 698. The molecule has 3 atom stereocenters. The summed E-state index contributed by atoms with van der Waals surface area (Å²) in [4.78, 5) is -0.0933. The fraction of sp³-hybridized carbons (Fsp3) is 0.647. The maximum Gasteiger partial charge on any atom is 0.240 e. The van der Waals surface area contributed by atoms with E-state index in [1.165, 1.54) is 12.1 Å². The van der Waals surface area contributed by atoms with E-state index in [2.05, 4.69) is 4.72 Å². The molecule has 9 heteroatoms. The highest BCUT2D eigenvalue weighted by molar-refractivity contribution is 7.89. The quantitative estimate of drug-likeness (QED) is 0.720. The van der Waals surface area contributed by atoms with Crippen LogP contribution in [-0.2, 0) is 14.8 Å². The lowest BCUT2D eigenvalue weighted by Crippen LogP contribution is -2.39. The molecule has 0 spiro atoms. The summed E-state index contributed by atoms with van der Waals surface area (Å²) in [6, 6.07) is 3.57. The molecule has 148 valence electrons. The maximum atomic E-state index is 14.2. The first-order valence-corrected chi connectivity index (χ1v) is 10.2. The van der Waals surface area contributed by atoms with Gasteiger partial charge < -0.3 is 15.2 Å². The van der Waals surface area contributed by atoms with E-state index in [9.17, 15) is 12.8 Å². The number of nitrogens with two attached hydrogens (primary N) is 1. The van der Waals surface area contributed by atoms with Gasteiger partial charge in [-0.2, -0.15) is 0 Å². The summed E-state index contributed by atoms with van der Waals surface area (Å²) < 4.78 is 52.6. The summed E-state index contributed by atoms with van der Waals surface area (Å²) in [5, 5.41) is 0. The Balaban J connectivity index is 0.00000243. The summed E-state index contributed by atoms with van der Waals surface area (Å²) in [5.41, 5.74) is 5.69. The first kappa shape index (κ1) is 21.4. The highest BCUT2D eigenvalue weighted by Crippen LogP contribution is 2.27. The van der Waals surface area contributed by atoms with Crippen molar-refractivity contribution in [3.05, 3.63) is 24.0 Å². The molecule has 1 aromatic rings. The van der Waals surface area contributed by atoms with Crippen LogP contribution in [0.25, 0.3) is 0 Å². The Morgan fingerprint density at radius 1 is 1.31 bits per heavy atom. The summed E-state index contributed by atoms with van der Waals surface area (Å²) >= 11 is 0. The minimum Gasteiger partial charge on any atom is -0.490 e. The van der Waals surface area contributed by atoms with E-state index >= 15 is 0 Å². The van der Waals surface area contributed by atoms with E-state index in [1.807, 2.05) is 0 Å². The fourth-order valence-corrected chi connectivity index (χ4v) is 4.78. The van der Waals surface area contributed by atoms with Crippen molar-refractivity contribution in [3.63, 3.8) is 0 Å². The minimum absolute atomic E-state index is 0. The van der Waals surface area contributed by atoms with Crippen LogP contribution in [0, 0.1) is 17.7 Å². The second kappa shape index (κ2) is 9.32. The molecule has 1 aromatic carbocycles. The van der Waals surface area contributed by atoms with Crippen molar-refractivity contribution >= 4 is 22.4 Å². The smallest absolute Gasteiger partial charge is 0.240 e. The molecule has 0 aromatic heterocycles. The van der Waals surface area contributed by atoms with Crippen LogP contribution >= 0.6 is 12.4 Å². The van der Waals surface area contributed by atoms with E-state index in [4.69, 9.17) is 15.2 Å². The number of benzene rings is 1. The summed E-state index contributed by atoms with van der Waals surface area (Å²) in [6.07, 6.45) is 3.51. The lowest BCUT2D eigenvalue weighted by molar-refractivity contribution is 0.165. The predicted octanol–water partition coefficient (Wildman–Crippen LogP) is 2.07. The number of hydrogen-bond donors (Lipinski definition) is 2. The number of nitrogens with one attached hydrogen (secondary N) is 1. The zero-order chi connectivity index (χ0) is 17.9. The third-order valence-electron chi connectivity index (χ3n) is 4.98. The molecule has 3 unspecified atom stereocenters. The van der Waals surface area contributed by atoms with Crippen LogP contribution in [0.15, 0.2) is 23.1 Å². The Labute approximate surface area is 160 Å². The molecule has 26 heavy (non-hydrogen) atoms. The van der Waals surface area contributed by atoms with Crippen LogP contribution in [0.4, 0.5) is 4.39 Å². The average molecular weight is 409 g/mol. The van der Waals surface area contributed by atoms with Gasteiger partial charge in [0.15, 0.2) is 11.6 Å². The molecule has 3 rings (SSSR count). The van der Waals surface area contributed by atoms with Crippen molar-refractivity contribution in [1.82, 2.24) is 4.72 Å². The van der Waals surface area contributed by atoms with Crippen LogP contribution in [0.1, 0.15) is 25.7 Å². The van der Waals surface area contributed by atoms with Crippen molar-refractivity contribution in [2.75, 3.05) is 26.4 Å². The molecule has 1 aliphatic heterocycles. The van der Waals surface area contributed by atoms with Crippen LogP contribution in [0.2, 0.25) is 0 Å². The van der Waals surface area contributed by atoms with Gasteiger partial charge in [-0.3, -0.25) is 0 Å². The van der Waals surface area contributed by atoms with Crippen molar-refractivity contribution < 1.29 is 22.3 Å². The highest BCUT2D eigenvalue weighted by atomic mass is 35.5. The van der Waals surface area contributed by atoms with Crippen LogP contribution in [0.3, 0.4) is 0 Å². The molecular weight excluding hydrogens is 383 g/mol. The number of sulfonamides is 1. The van der Waals surface area contributed by atoms with Crippen LogP contribution in [-0.4, -0.2) is 40.8 Å². The van der Waals surface area contributed by atoms with Crippen LogP contribution < -0.4 is 15.2 Å². The van der Waals surface area contributed by atoms with E-state index in [-0.39, 0.29) is 40.9 Å². The largest absolute Gasteiger partial charge is 0.490 e. The van der Waals surface area contributed by atoms with Crippen molar-refractivity contribution in [3.8, 4) is 5.75 Å². The van der Waals surface area contributed by atoms with Gasteiger partial charge in [-0.1, -0.05) is 6.42 Å². The average Bonchev–Trinajstić information content (AvgIpc) is 3.24. The molecule has 0 radical (unpaired) electrons. The minimum atomic E-state index is -3.78. The number of hydrogen-bond acceptors (Lipinski definition) is 5. The van der Waals surface area contributed by atoms with E-state index in [0.29, 0.717) is 26.4 Å². The second-order valence-corrected chi connectivity index (χ2v) is 8.50. The zero-order valence-corrected chi connectivity index (χ0v) is 16.2. The Morgan fingerprint density at radius 2 is 2.12 bits per heavy atom. The van der Waals surface area contributed by atoms with E-state index < -0.39 is 15.8 Å². The third kappa shape index (κ3) is 5.07. The standard InChI is InChI=1S/C17H25FN2O4S.ClH/c18-15-8-14(4-5-17(15)24-11-12-6-7-23-10-12)25(21,22)20-16-3-1-2-13(16)9-19;/h4-5,8,12-13,16,20H,1-3,6-7,9-11,19H2;1H. The van der Waals surface area contributed by atoms with Gasteiger partial charge in [0.1, 0.15) is 0 Å². The molecular formula is C17H26ClFN2O4S. The molecule has 2 fully saturated rings. The van der Waals surface area contributed by atoms with Gasteiger partial charge in [0, 0.05) is 18.6 Å². The monoisotopic (exact) mass is 408 g/mol.